The van der Waals surface area contributed by atoms with E-state index in [1.54, 1.807) is 0 Å². The Morgan fingerprint density at radius 3 is 2.85 bits per heavy atom. The second kappa shape index (κ2) is 7.48. The third kappa shape index (κ3) is 3.71. The Morgan fingerprint density at radius 1 is 1.52 bits per heavy atom. The van der Waals surface area contributed by atoms with Gasteiger partial charge in [0.2, 0.25) is 0 Å². The van der Waals surface area contributed by atoms with E-state index in [-0.39, 0.29) is 16.5 Å². The maximum atomic E-state index is 12.5. The second-order valence-corrected chi connectivity index (χ2v) is 7.19. The van der Waals surface area contributed by atoms with E-state index >= 15 is 0 Å². The van der Waals surface area contributed by atoms with E-state index in [1.807, 2.05) is 0 Å². The molecule has 0 spiro atoms. The minimum Gasteiger partial charge on any atom is -0.477 e. The van der Waals surface area contributed by atoms with Crippen molar-refractivity contribution in [1.29, 1.82) is 0 Å². The number of carboxylic acid groups (broad SMARTS) is 1. The smallest absolute Gasteiger partial charge is 0.407 e. The minimum absolute atomic E-state index is 0.0764. The fourth-order valence-corrected chi connectivity index (χ4v) is 4.18. The Hall–Kier alpha value is -2.74. The van der Waals surface area contributed by atoms with E-state index in [4.69, 9.17) is 10.8 Å². The van der Waals surface area contributed by atoms with E-state index in [1.165, 1.54) is 23.2 Å². The monoisotopic (exact) mass is 419 g/mol. The quantitative estimate of drug-likeness (QED) is 0.333. The number of alkyl halides is 2. The maximum Gasteiger partial charge on any atom is 0.407 e. The SMILES string of the molecule is Nc1nc(C(=NOC(F)F)C(=O)NC2C(=O)N3C(C(=O)O)=CCS[C@H]23)cs1. The Labute approximate surface area is 158 Å². The lowest BCUT2D eigenvalue weighted by Gasteiger charge is -2.48. The molecule has 0 aromatic carbocycles. The largest absolute Gasteiger partial charge is 0.477 e. The highest BCUT2D eigenvalue weighted by Gasteiger charge is 2.53. The molecule has 1 aromatic heterocycles. The summed E-state index contributed by atoms with van der Waals surface area (Å²) in [7, 11) is 0. The van der Waals surface area contributed by atoms with Gasteiger partial charge in [0.05, 0.1) is 0 Å². The van der Waals surface area contributed by atoms with Crippen LogP contribution in [0.15, 0.2) is 22.3 Å². The van der Waals surface area contributed by atoms with Crippen molar-refractivity contribution in [3.63, 3.8) is 0 Å². The topological polar surface area (TPSA) is 147 Å². The second-order valence-electron chi connectivity index (χ2n) is 5.15. The molecular formula is C13H11F2N5O5S2. The molecule has 10 nitrogen and oxygen atoms in total. The van der Waals surface area contributed by atoms with Gasteiger partial charge in [-0.3, -0.25) is 14.5 Å². The van der Waals surface area contributed by atoms with Gasteiger partial charge in [-0.2, -0.15) is 8.78 Å². The predicted molar refractivity (Wildman–Crippen MR) is 90.9 cm³/mol. The first-order valence-electron chi connectivity index (χ1n) is 7.22. The van der Waals surface area contributed by atoms with Gasteiger partial charge in [0.25, 0.3) is 11.8 Å². The van der Waals surface area contributed by atoms with Crippen LogP contribution in [-0.2, 0) is 19.2 Å². The zero-order valence-electron chi connectivity index (χ0n) is 13.2. The fraction of sp³-hybridized carbons (Fsp3) is 0.308. The van der Waals surface area contributed by atoms with Crippen LogP contribution in [0.3, 0.4) is 0 Å². The van der Waals surface area contributed by atoms with Gasteiger partial charge in [0.1, 0.15) is 22.8 Å². The minimum atomic E-state index is -3.26. The first-order valence-corrected chi connectivity index (χ1v) is 9.14. The number of oxime groups is 1. The summed E-state index contributed by atoms with van der Waals surface area (Å²) in [6, 6.07) is -1.04. The van der Waals surface area contributed by atoms with Crippen molar-refractivity contribution < 1.29 is 33.1 Å². The number of fused-ring (bicyclic) bond motifs is 1. The molecular weight excluding hydrogens is 408 g/mol. The Bertz CT molecular complexity index is 858. The van der Waals surface area contributed by atoms with Crippen molar-refractivity contribution in [2.45, 2.75) is 18.0 Å². The highest BCUT2D eigenvalue weighted by Crippen LogP contribution is 2.37. The summed E-state index contributed by atoms with van der Waals surface area (Å²) in [5.41, 5.74) is 4.63. The number of carboxylic acids is 1. The van der Waals surface area contributed by atoms with Crippen molar-refractivity contribution in [3.8, 4) is 0 Å². The van der Waals surface area contributed by atoms with Crippen LogP contribution in [-0.4, -0.2) is 62.3 Å². The molecule has 2 aliphatic rings. The van der Waals surface area contributed by atoms with E-state index in [2.05, 4.69) is 20.3 Å². The number of amides is 2. The first-order chi connectivity index (χ1) is 12.8. The number of nitrogens with zero attached hydrogens (tertiary/aromatic N) is 3. The molecule has 2 atom stereocenters. The van der Waals surface area contributed by atoms with Crippen LogP contribution in [0.25, 0.3) is 0 Å². The number of β-lactam (4-membered cyclic amide) rings is 1. The standard InChI is InChI=1S/C13H11F2N5O5S2/c14-12(15)25-19-6(4-3-27-13(16)17-4)8(21)18-7-9(22)20-5(11(23)24)1-2-26-10(7)20/h1,3,7,10,12H,2H2,(H2,16,17)(H,18,21)(H,23,24)/t7?,10-/m1/s1. The van der Waals surface area contributed by atoms with Gasteiger partial charge in [-0.05, 0) is 6.08 Å². The molecule has 1 saturated heterocycles. The van der Waals surface area contributed by atoms with Gasteiger partial charge >= 0.3 is 12.6 Å². The molecule has 14 heteroatoms. The van der Waals surface area contributed by atoms with E-state index in [0.29, 0.717) is 5.75 Å². The van der Waals surface area contributed by atoms with Crippen molar-refractivity contribution in [3.05, 3.63) is 22.8 Å². The molecule has 1 aromatic rings. The number of carbonyl (C=O) groups is 3. The molecule has 0 aliphatic carbocycles. The van der Waals surface area contributed by atoms with Crippen molar-refractivity contribution in [2.24, 2.45) is 5.16 Å². The lowest BCUT2D eigenvalue weighted by molar-refractivity contribution is -0.150. The average molecular weight is 419 g/mol. The predicted octanol–water partition coefficient (Wildman–Crippen LogP) is 0.0370. The maximum absolute atomic E-state index is 12.5. The summed E-state index contributed by atoms with van der Waals surface area (Å²) < 4.78 is 24.6. The Balaban J connectivity index is 1.77. The number of aliphatic carboxylic acids is 1. The van der Waals surface area contributed by atoms with Gasteiger partial charge in [-0.1, -0.05) is 5.16 Å². The highest BCUT2D eigenvalue weighted by molar-refractivity contribution is 8.00. The normalized spacial score (nSPS) is 22.0. The molecule has 3 rings (SSSR count). The van der Waals surface area contributed by atoms with Crippen molar-refractivity contribution >= 4 is 51.7 Å². The van der Waals surface area contributed by atoms with Gasteiger partial charge in [-0.15, -0.1) is 23.1 Å². The molecule has 0 saturated carbocycles. The number of nitrogen functional groups attached to an aromatic ring is 1. The number of hydrogen-bond donors (Lipinski definition) is 3. The van der Waals surface area contributed by atoms with E-state index in [0.717, 1.165) is 16.2 Å². The summed E-state index contributed by atoms with van der Waals surface area (Å²) in [5, 5.41) is 15.3. The molecule has 0 bridgehead atoms. The Morgan fingerprint density at radius 2 is 2.26 bits per heavy atom. The average Bonchev–Trinajstić information content (AvgIpc) is 3.04. The summed E-state index contributed by atoms with van der Waals surface area (Å²) in [6.07, 6.45) is 1.39. The number of rotatable bonds is 6. The zero-order valence-corrected chi connectivity index (χ0v) is 14.8. The third-order valence-electron chi connectivity index (χ3n) is 3.56. The molecule has 1 unspecified atom stereocenters. The summed E-state index contributed by atoms with van der Waals surface area (Å²) in [5.74, 6) is -2.54. The Kier molecular flexibility index (Phi) is 5.27. The van der Waals surface area contributed by atoms with Gasteiger partial charge in [0, 0.05) is 11.1 Å². The van der Waals surface area contributed by atoms with Crippen LogP contribution >= 0.6 is 23.1 Å². The molecule has 144 valence electrons. The van der Waals surface area contributed by atoms with Crippen LogP contribution in [0, 0.1) is 0 Å². The van der Waals surface area contributed by atoms with Gasteiger partial charge in [-0.25, -0.2) is 9.78 Å². The summed E-state index contributed by atoms with van der Waals surface area (Å²) in [6.45, 7) is -3.26. The van der Waals surface area contributed by atoms with Crippen molar-refractivity contribution in [1.82, 2.24) is 15.2 Å². The number of aromatic nitrogens is 1. The highest BCUT2D eigenvalue weighted by atomic mass is 32.2. The van der Waals surface area contributed by atoms with Crippen LogP contribution in [0.2, 0.25) is 0 Å². The number of nitrogens with two attached hydrogens (primary N) is 1. The van der Waals surface area contributed by atoms with E-state index < -0.39 is 41.5 Å². The number of halogens is 2. The van der Waals surface area contributed by atoms with Crippen LogP contribution in [0.5, 0.6) is 0 Å². The number of carbonyl (C=O) groups excluding carboxylic acids is 2. The molecule has 27 heavy (non-hydrogen) atoms. The number of hydrogen-bond acceptors (Lipinski definition) is 9. The van der Waals surface area contributed by atoms with Crippen LogP contribution in [0.4, 0.5) is 13.9 Å². The first kappa shape index (κ1) is 19.0. The molecule has 2 aliphatic heterocycles. The molecule has 1 fully saturated rings. The molecule has 2 amide bonds. The third-order valence-corrected chi connectivity index (χ3v) is 5.41. The summed E-state index contributed by atoms with van der Waals surface area (Å²) >= 11 is 2.20. The van der Waals surface area contributed by atoms with Crippen LogP contribution < -0.4 is 11.1 Å². The number of anilines is 1. The lowest BCUT2D eigenvalue weighted by atomic mass is 10.0. The molecule has 3 heterocycles. The number of thioether (sulfide) groups is 1. The lowest BCUT2D eigenvalue weighted by Crippen LogP contribution is -2.70. The molecule has 4 N–H and O–H groups in total. The number of nitrogens with one attached hydrogen (secondary N) is 1. The fourth-order valence-electron chi connectivity index (χ4n) is 2.44. The van der Waals surface area contributed by atoms with Crippen LogP contribution in [0.1, 0.15) is 5.69 Å². The zero-order chi connectivity index (χ0) is 19.7. The van der Waals surface area contributed by atoms with Crippen molar-refractivity contribution in [2.75, 3.05) is 11.5 Å². The number of thiazole rings is 1. The van der Waals surface area contributed by atoms with E-state index in [9.17, 15) is 23.2 Å². The van der Waals surface area contributed by atoms with Gasteiger partial charge < -0.3 is 21.0 Å². The van der Waals surface area contributed by atoms with Gasteiger partial charge in [0.15, 0.2) is 10.8 Å². The summed E-state index contributed by atoms with van der Waals surface area (Å²) in [4.78, 5) is 44.5. The molecule has 0 radical (unpaired) electrons.